The lowest BCUT2D eigenvalue weighted by molar-refractivity contribution is 0.00624. The van der Waals surface area contributed by atoms with E-state index in [2.05, 4.69) is 5.32 Å². The Hall–Kier alpha value is -0.0800. The maximum absolute atomic E-state index is 9.68. The maximum Gasteiger partial charge on any atom is 0.0654 e. The van der Waals surface area contributed by atoms with Crippen molar-refractivity contribution in [3.8, 4) is 0 Å². The Labute approximate surface area is 63.6 Å². The first-order valence-electron chi connectivity index (χ1n) is 3.87. The molecule has 0 aromatic carbocycles. The first kappa shape index (κ1) is 9.92. The van der Waals surface area contributed by atoms with Crippen LogP contribution >= 0.6 is 0 Å². The van der Waals surface area contributed by atoms with Gasteiger partial charge in [0, 0.05) is 0 Å². The highest BCUT2D eigenvalue weighted by atomic mass is 16.3. The van der Waals surface area contributed by atoms with Crippen molar-refractivity contribution >= 4 is 0 Å². The van der Waals surface area contributed by atoms with Crippen molar-refractivity contribution in [1.29, 1.82) is 0 Å². The minimum Gasteiger partial charge on any atom is -0.390 e. The zero-order valence-electron chi connectivity index (χ0n) is 7.44. The summed E-state index contributed by atoms with van der Waals surface area (Å²) in [6, 6.07) is 0. The van der Waals surface area contributed by atoms with Gasteiger partial charge in [0.1, 0.15) is 0 Å². The molecule has 0 saturated heterocycles. The fraction of sp³-hybridized carbons (Fsp3) is 1.00. The smallest absolute Gasteiger partial charge is 0.0654 e. The molecule has 0 aliphatic heterocycles. The van der Waals surface area contributed by atoms with Crippen molar-refractivity contribution in [2.75, 3.05) is 13.6 Å². The predicted octanol–water partition coefficient (Wildman–Crippen LogP) is 1.00. The van der Waals surface area contributed by atoms with Crippen molar-refractivity contribution in [2.45, 2.75) is 32.8 Å². The molecule has 2 nitrogen and oxygen atoms in total. The summed E-state index contributed by atoms with van der Waals surface area (Å²) < 4.78 is 0. The van der Waals surface area contributed by atoms with Gasteiger partial charge in [0.15, 0.2) is 0 Å². The van der Waals surface area contributed by atoms with Crippen molar-refractivity contribution in [3.05, 3.63) is 0 Å². The van der Waals surface area contributed by atoms with Crippen molar-refractivity contribution < 1.29 is 5.11 Å². The Bertz CT molecular complexity index is 89.3. The van der Waals surface area contributed by atoms with Gasteiger partial charge >= 0.3 is 0 Å². The van der Waals surface area contributed by atoms with E-state index in [-0.39, 0.29) is 0 Å². The van der Waals surface area contributed by atoms with Gasteiger partial charge in [-0.15, -0.1) is 0 Å². The third kappa shape index (κ3) is 3.18. The number of nitrogens with one attached hydrogen (secondary N) is 1. The van der Waals surface area contributed by atoms with Gasteiger partial charge in [0.2, 0.25) is 0 Å². The quantitative estimate of drug-likeness (QED) is 0.618. The van der Waals surface area contributed by atoms with Gasteiger partial charge in [0.25, 0.3) is 0 Å². The molecule has 62 valence electrons. The third-order valence-corrected chi connectivity index (χ3v) is 2.12. The molecule has 0 spiro atoms. The first-order valence-corrected chi connectivity index (χ1v) is 3.87. The van der Waals surface area contributed by atoms with E-state index >= 15 is 0 Å². The van der Waals surface area contributed by atoms with E-state index in [4.69, 9.17) is 0 Å². The Morgan fingerprint density at radius 1 is 1.50 bits per heavy atom. The summed E-state index contributed by atoms with van der Waals surface area (Å²) in [4.78, 5) is 0. The molecule has 0 aromatic rings. The number of hydrogen-bond donors (Lipinski definition) is 2. The summed E-state index contributed by atoms with van der Waals surface area (Å²) in [7, 11) is 1.90. The number of hydrogen-bond acceptors (Lipinski definition) is 2. The van der Waals surface area contributed by atoms with Crippen LogP contribution in [0.3, 0.4) is 0 Å². The largest absolute Gasteiger partial charge is 0.390 e. The lowest BCUT2D eigenvalue weighted by Gasteiger charge is -2.27. The molecule has 2 heteroatoms. The summed E-state index contributed by atoms with van der Waals surface area (Å²) in [5, 5.41) is 12.7. The van der Waals surface area contributed by atoms with Crippen LogP contribution in [-0.4, -0.2) is 24.3 Å². The minimum absolute atomic E-state index is 0.334. The summed E-state index contributed by atoms with van der Waals surface area (Å²) in [6.45, 7) is 6.84. The summed E-state index contributed by atoms with van der Waals surface area (Å²) in [6.07, 6.45) is 0.821. The standard InChI is InChI=1S/C8H19NO/c1-7(2)8(3,10)5-6-9-4/h7,9-10H,5-6H2,1-4H3. The molecule has 2 N–H and O–H groups in total. The van der Waals surface area contributed by atoms with Gasteiger partial charge in [-0.2, -0.15) is 0 Å². The molecule has 0 fully saturated rings. The third-order valence-electron chi connectivity index (χ3n) is 2.12. The van der Waals surface area contributed by atoms with Crippen LogP contribution in [0.5, 0.6) is 0 Å². The van der Waals surface area contributed by atoms with E-state index in [9.17, 15) is 5.11 Å². The molecule has 1 unspecified atom stereocenters. The van der Waals surface area contributed by atoms with Crippen LogP contribution in [0.4, 0.5) is 0 Å². The normalized spacial score (nSPS) is 17.4. The molecule has 0 heterocycles. The van der Waals surface area contributed by atoms with E-state index in [1.807, 2.05) is 27.8 Å². The Morgan fingerprint density at radius 2 is 2.00 bits per heavy atom. The van der Waals surface area contributed by atoms with Crippen LogP contribution < -0.4 is 5.32 Å². The van der Waals surface area contributed by atoms with Crippen LogP contribution in [0.2, 0.25) is 0 Å². The second-order valence-corrected chi connectivity index (χ2v) is 3.37. The molecule has 1 atom stereocenters. The molecule has 0 amide bonds. The molecular weight excluding hydrogens is 126 g/mol. The molecule has 0 saturated carbocycles. The lowest BCUT2D eigenvalue weighted by Crippen LogP contribution is -2.34. The second-order valence-electron chi connectivity index (χ2n) is 3.37. The summed E-state index contributed by atoms with van der Waals surface area (Å²) in [5.41, 5.74) is -0.511. The Balaban J connectivity index is 3.63. The highest BCUT2D eigenvalue weighted by Crippen LogP contribution is 2.18. The predicted molar refractivity (Wildman–Crippen MR) is 44.0 cm³/mol. The van der Waals surface area contributed by atoms with Crippen LogP contribution in [0.15, 0.2) is 0 Å². The highest BCUT2D eigenvalue weighted by molar-refractivity contribution is 4.76. The van der Waals surface area contributed by atoms with Gasteiger partial charge in [-0.25, -0.2) is 0 Å². The zero-order valence-corrected chi connectivity index (χ0v) is 7.44. The molecule has 0 aromatic heterocycles. The van der Waals surface area contributed by atoms with Gasteiger partial charge in [-0.05, 0) is 32.9 Å². The Morgan fingerprint density at radius 3 is 2.30 bits per heavy atom. The SMILES string of the molecule is CNCCC(C)(O)C(C)C. The average molecular weight is 145 g/mol. The summed E-state index contributed by atoms with van der Waals surface area (Å²) in [5.74, 6) is 0.334. The first-order chi connectivity index (χ1) is 4.50. The average Bonchev–Trinajstić information content (AvgIpc) is 1.84. The zero-order chi connectivity index (χ0) is 8.20. The van der Waals surface area contributed by atoms with E-state index < -0.39 is 5.60 Å². The monoisotopic (exact) mass is 145 g/mol. The van der Waals surface area contributed by atoms with Crippen molar-refractivity contribution in [2.24, 2.45) is 5.92 Å². The van der Waals surface area contributed by atoms with Crippen molar-refractivity contribution in [1.82, 2.24) is 5.32 Å². The molecule has 10 heavy (non-hydrogen) atoms. The van der Waals surface area contributed by atoms with E-state index in [0.29, 0.717) is 5.92 Å². The molecule has 0 aliphatic rings. The fourth-order valence-corrected chi connectivity index (χ4v) is 0.667. The van der Waals surface area contributed by atoms with E-state index in [1.54, 1.807) is 0 Å². The van der Waals surface area contributed by atoms with Crippen LogP contribution in [0.1, 0.15) is 27.2 Å². The molecular formula is C8H19NO. The highest BCUT2D eigenvalue weighted by Gasteiger charge is 2.23. The number of rotatable bonds is 4. The van der Waals surface area contributed by atoms with Gasteiger partial charge in [0.05, 0.1) is 5.60 Å². The Kier molecular flexibility index (Phi) is 3.91. The molecule has 0 bridgehead atoms. The van der Waals surface area contributed by atoms with Crippen molar-refractivity contribution in [3.63, 3.8) is 0 Å². The topological polar surface area (TPSA) is 32.3 Å². The maximum atomic E-state index is 9.68. The molecule has 0 radical (unpaired) electrons. The van der Waals surface area contributed by atoms with Crippen LogP contribution in [0.25, 0.3) is 0 Å². The van der Waals surface area contributed by atoms with Gasteiger partial charge in [-0.3, -0.25) is 0 Å². The number of aliphatic hydroxyl groups is 1. The van der Waals surface area contributed by atoms with Crippen LogP contribution in [0, 0.1) is 5.92 Å². The van der Waals surface area contributed by atoms with E-state index in [0.717, 1.165) is 13.0 Å². The summed E-state index contributed by atoms with van der Waals surface area (Å²) >= 11 is 0. The van der Waals surface area contributed by atoms with Gasteiger partial charge in [-0.1, -0.05) is 13.8 Å². The van der Waals surface area contributed by atoms with Gasteiger partial charge < -0.3 is 10.4 Å². The lowest BCUT2D eigenvalue weighted by atomic mass is 9.89. The minimum atomic E-state index is -0.511. The molecule has 0 aliphatic carbocycles. The fourth-order valence-electron chi connectivity index (χ4n) is 0.667. The van der Waals surface area contributed by atoms with Crippen LogP contribution in [-0.2, 0) is 0 Å². The second kappa shape index (κ2) is 3.94. The molecule has 0 rings (SSSR count). The van der Waals surface area contributed by atoms with E-state index in [1.165, 1.54) is 0 Å².